The third kappa shape index (κ3) is 5.31. The number of carbonyl (C=O) groups is 3. The number of carboxylic acid groups (broad SMARTS) is 2. The number of phenolic OH excluding ortho intramolecular Hbond substituents is 1. The average Bonchev–Trinajstić information content (AvgIpc) is 2.36. The van der Waals surface area contributed by atoms with Crippen molar-refractivity contribution in [3.63, 3.8) is 0 Å². The number of hydrogen-bond donors (Lipinski definition) is 4. The first kappa shape index (κ1) is 16.8. The van der Waals surface area contributed by atoms with E-state index in [0.717, 1.165) is 6.07 Å². The van der Waals surface area contributed by atoms with Crippen LogP contribution in [0.2, 0.25) is 5.02 Å². The molecule has 0 aromatic heterocycles. The third-order valence-electron chi connectivity index (χ3n) is 2.69. The average molecular weight is 316 g/mol. The Balaban J connectivity index is 2.72. The number of benzene rings is 1. The Morgan fingerprint density at radius 3 is 2.43 bits per heavy atom. The number of carboxylic acids is 2. The van der Waals surface area contributed by atoms with Crippen LogP contribution in [0.4, 0.5) is 0 Å². The summed E-state index contributed by atoms with van der Waals surface area (Å²) in [5.74, 6) is -3.45. The minimum atomic E-state index is -1.28. The van der Waals surface area contributed by atoms with Crippen LogP contribution in [-0.2, 0) is 9.59 Å². The predicted molar refractivity (Wildman–Crippen MR) is 73.5 cm³/mol. The lowest BCUT2D eigenvalue weighted by atomic mass is 10.1. The number of amides is 1. The van der Waals surface area contributed by atoms with Gasteiger partial charge in [-0.2, -0.15) is 0 Å². The number of aliphatic carboxylic acids is 2. The van der Waals surface area contributed by atoms with E-state index in [-0.39, 0.29) is 35.6 Å². The standard InChI is InChI=1S/C13H14ClNO6/c14-7-4-5-8(10(16)6-7)12(19)15-9(13(20)21)2-1-3-11(17)18/h4-6,9,16H,1-3H2,(H,15,19)(H,17,18)(H,20,21)/t9-/m1/s1. The van der Waals surface area contributed by atoms with Gasteiger partial charge in [0.05, 0.1) is 5.56 Å². The first-order valence-electron chi connectivity index (χ1n) is 6.05. The Kier molecular flexibility index (Phi) is 5.98. The molecule has 1 aromatic carbocycles. The van der Waals surface area contributed by atoms with Gasteiger partial charge in [0.1, 0.15) is 11.8 Å². The molecule has 1 aromatic rings. The molecule has 0 radical (unpaired) electrons. The summed E-state index contributed by atoms with van der Waals surface area (Å²) in [4.78, 5) is 33.3. The van der Waals surface area contributed by atoms with Crippen LogP contribution in [0.15, 0.2) is 18.2 Å². The van der Waals surface area contributed by atoms with Crippen molar-refractivity contribution in [2.45, 2.75) is 25.3 Å². The maximum absolute atomic E-state index is 11.9. The van der Waals surface area contributed by atoms with Crippen LogP contribution in [0, 0.1) is 0 Å². The second kappa shape index (κ2) is 7.49. The van der Waals surface area contributed by atoms with Crippen molar-refractivity contribution < 1.29 is 29.7 Å². The molecule has 0 aliphatic heterocycles. The van der Waals surface area contributed by atoms with Gasteiger partial charge in [0.25, 0.3) is 5.91 Å². The lowest BCUT2D eigenvalue weighted by molar-refractivity contribution is -0.140. The number of carbonyl (C=O) groups excluding carboxylic acids is 1. The predicted octanol–water partition coefficient (Wildman–Crippen LogP) is 1.48. The maximum atomic E-state index is 11.9. The van der Waals surface area contributed by atoms with Gasteiger partial charge in [0.15, 0.2) is 0 Å². The maximum Gasteiger partial charge on any atom is 0.326 e. The van der Waals surface area contributed by atoms with Crippen molar-refractivity contribution in [2.75, 3.05) is 0 Å². The fourth-order valence-electron chi connectivity index (χ4n) is 1.65. The van der Waals surface area contributed by atoms with Crippen LogP contribution in [0.3, 0.4) is 0 Å². The minimum Gasteiger partial charge on any atom is -0.507 e. The molecular formula is C13H14ClNO6. The Bertz CT molecular complexity index is 560. The molecule has 0 spiro atoms. The monoisotopic (exact) mass is 315 g/mol. The SMILES string of the molecule is O=C(O)CCC[C@@H](NC(=O)c1ccc(Cl)cc1O)C(=O)O. The van der Waals surface area contributed by atoms with E-state index in [2.05, 4.69) is 5.32 Å². The summed E-state index contributed by atoms with van der Waals surface area (Å²) in [6.45, 7) is 0. The number of hydrogen-bond acceptors (Lipinski definition) is 4. The summed E-state index contributed by atoms with van der Waals surface area (Å²) < 4.78 is 0. The molecule has 21 heavy (non-hydrogen) atoms. The molecule has 0 aliphatic rings. The van der Waals surface area contributed by atoms with Gasteiger partial charge in [-0.15, -0.1) is 0 Å². The lowest BCUT2D eigenvalue weighted by Crippen LogP contribution is -2.40. The normalized spacial score (nSPS) is 11.7. The van der Waals surface area contributed by atoms with E-state index in [1.807, 2.05) is 0 Å². The third-order valence-corrected chi connectivity index (χ3v) is 2.93. The van der Waals surface area contributed by atoms with Gasteiger partial charge < -0.3 is 20.6 Å². The molecule has 1 atom stereocenters. The highest BCUT2D eigenvalue weighted by molar-refractivity contribution is 6.30. The Hall–Kier alpha value is -2.28. The van der Waals surface area contributed by atoms with Gasteiger partial charge in [0, 0.05) is 11.4 Å². The quantitative estimate of drug-likeness (QED) is 0.604. The van der Waals surface area contributed by atoms with Crippen molar-refractivity contribution in [2.24, 2.45) is 0 Å². The van der Waals surface area contributed by atoms with Crippen molar-refractivity contribution in [1.82, 2.24) is 5.32 Å². The van der Waals surface area contributed by atoms with Crippen molar-refractivity contribution in [1.29, 1.82) is 0 Å². The Morgan fingerprint density at radius 1 is 1.24 bits per heavy atom. The highest BCUT2D eigenvalue weighted by Gasteiger charge is 2.22. The second-order valence-electron chi connectivity index (χ2n) is 4.31. The molecule has 1 rings (SSSR count). The van der Waals surface area contributed by atoms with Crippen LogP contribution in [0.5, 0.6) is 5.75 Å². The highest BCUT2D eigenvalue weighted by atomic mass is 35.5. The van der Waals surface area contributed by atoms with Crippen LogP contribution in [0.25, 0.3) is 0 Å². The summed E-state index contributed by atoms with van der Waals surface area (Å²) in [6.07, 6.45) is -0.104. The molecule has 0 saturated carbocycles. The summed E-state index contributed by atoms with van der Waals surface area (Å²) in [7, 11) is 0. The van der Waals surface area contributed by atoms with Crippen LogP contribution in [-0.4, -0.2) is 39.2 Å². The molecule has 0 heterocycles. The fraction of sp³-hybridized carbons (Fsp3) is 0.308. The molecule has 0 fully saturated rings. The largest absolute Gasteiger partial charge is 0.507 e. The summed E-state index contributed by atoms with van der Waals surface area (Å²) >= 11 is 5.63. The molecule has 0 unspecified atom stereocenters. The number of nitrogens with one attached hydrogen (secondary N) is 1. The van der Waals surface area contributed by atoms with E-state index in [1.165, 1.54) is 12.1 Å². The Morgan fingerprint density at radius 2 is 1.90 bits per heavy atom. The van der Waals surface area contributed by atoms with Crippen molar-refractivity contribution >= 4 is 29.4 Å². The zero-order chi connectivity index (χ0) is 16.0. The molecular weight excluding hydrogens is 302 g/mol. The van der Waals surface area contributed by atoms with Gasteiger partial charge in [-0.05, 0) is 31.0 Å². The molecule has 7 nitrogen and oxygen atoms in total. The van der Waals surface area contributed by atoms with E-state index in [9.17, 15) is 19.5 Å². The topological polar surface area (TPSA) is 124 Å². The lowest BCUT2D eigenvalue weighted by Gasteiger charge is -2.14. The van der Waals surface area contributed by atoms with Gasteiger partial charge >= 0.3 is 11.9 Å². The number of rotatable bonds is 7. The van der Waals surface area contributed by atoms with Crippen molar-refractivity contribution in [3.8, 4) is 5.75 Å². The van der Waals surface area contributed by atoms with Crippen LogP contribution in [0.1, 0.15) is 29.6 Å². The molecule has 0 saturated heterocycles. The smallest absolute Gasteiger partial charge is 0.326 e. The molecule has 8 heteroatoms. The number of aromatic hydroxyl groups is 1. The summed E-state index contributed by atoms with van der Waals surface area (Å²) in [5.41, 5.74) is -0.108. The van der Waals surface area contributed by atoms with Gasteiger partial charge in [-0.25, -0.2) is 4.79 Å². The van der Waals surface area contributed by atoms with E-state index < -0.39 is 23.9 Å². The van der Waals surface area contributed by atoms with Crippen molar-refractivity contribution in [3.05, 3.63) is 28.8 Å². The molecule has 0 aliphatic carbocycles. The van der Waals surface area contributed by atoms with E-state index in [1.54, 1.807) is 0 Å². The van der Waals surface area contributed by atoms with E-state index in [0.29, 0.717) is 0 Å². The highest BCUT2D eigenvalue weighted by Crippen LogP contribution is 2.22. The Labute approximate surface area is 125 Å². The van der Waals surface area contributed by atoms with Gasteiger partial charge in [-0.3, -0.25) is 9.59 Å². The number of halogens is 1. The molecule has 1 amide bonds. The second-order valence-corrected chi connectivity index (χ2v) is 4.75. The number of phenols is 1. The fourth-order valence-corrected chi connectivity index (χ4v) is 1.81. The van der Waals surface area contributed by atoms with Crippen LogP contribution >= 0.6 is 11.6 Å². The first-order chi connectivity index (χ1) is 9.81. The van der Waals surface area contributed by atoms with E-state index >= 15 is 0 Å². The summed E-state index contributed by atoms with van der Waals surface area (Å²) in [5, 5.41) is 29.6. The molecule has 114 valence electrons. The first-order valence-corrected chi connectivity index (χ1v) is 6.43. The van der Waals surface area contributed by atoms with Gasteiger partial charge in [0.2, 0.25) is 0 Å². The summed E-state index contributed by atoms with van der Waals surface area (Å²) in [6, 6.07) is 2.59. The zero-order valence-corrected chi connectivity index (χ0v) is 11.6. The van der Waals surface area contributed by atoms with Crippen LogP contribution < -0.4 is 5.32 Å². The zero-order valence-electron chi connectivity index (χ0n) is 10.9. The van der Waals surface area contributed by atoms with Gasteiger partial charge in [-0.1, -0.05) is 11.6 Å². The molecule has 4 N–H and O–H groups in total. The minimum absolute atomic E-state index is 0.0261. The molecule has 0 bridgehead atoms. The van der Waals surface area contributed by atoms with E-state index in [4.69, 9.17) is 21.8 Å².